The molecule has 0 aliphatic heterocycles. The van der Waals surface area contributed by atoms with E-state index in [1.165, 1.54) is 0 Å². The summed E-state index contributed by atoms with van der Waals surface area (Å²) in [6.07, 6.45) is 0.980. The zero-order valence-corrected chi connectivity index (χ0v) is 10.9. The molecular weight excluding hydrogens is 234 g/mol. The highest BCUT2D eigenvalue weighted by atomic mass is 16.5. The normalized spacial score (nSPS) is 10.6. The number of aryl methyl sites for hydroxylation is 2. The van der Waals surface area contributed by atoms with Crippen LogP contribution in [0.2, 0.25) is 0 Å². The van der Waals surface area contributed by atoms with Crippen molar-refractivity contribution in [2.45, 2.75) is 26.8 Å². The highest BCUT2D eigenvalue weighted by Gasteiger charge is 2.11. The lowest BCUT2D eigenvalue weighted by Gasteiger charge is -2.10. The molecule has 1 aromatic heterocycles. The van der Waals surface area contributed by atoms with Crippen LogP contribution in [0.1, 0.15) is 19.0 Å². The Morgan fingerprint density at radius 3 is 2.89 bits per heavy atom. The number of carbonyl (C=O) groups excluding carboxylic acids is 1. The minimum atomic E-state index is -0.471. The van der Waals surface area contributed by atoms with Gasteiger partial charge >= 0.3 is 0 Å². The molecule has 0 unspecified atom stereocenters. The van der Waals surface area contributed by atoms with E-state index in [2.05, 4.69) is 17.3 Å². The number of nitrogens with zero attached hydrogens (tertiary/aromatic N) is 2. The summed E-state index contributed by atoms with van der Waals surface area (Å²) >= 11 is 0. The maximum absolute atomic E-state index is 10.5. The van der Waals surface area contributed by atoms with Gasteiger partial charge in [0.15, 0.2) is 0 Å². The molecule has 0 aliphatic rings. The Kier molecular flexibility index (Phi) is 5.44. The number of carbonyl (C=O) groups is 1. The van der Waals surface area contributed by atoms with Gasteiger partial charge in [-0.3, -0.25) is 4.79 Å². The van der Waals surface area contributed by atoms with E-state index >= 15 is 0 Å². The zero-order valence-electron chi connectivity index (χ0n) is 10.9. The largest absolute Gasteiger partial charge is 0.394 e. The third-order valence-electron chi connectivity index (χ3n) is 2.39. The van der Waals surface area contributed by atoms with Gasteiger partial charge in [0.25, 0.3) is 0 Å². The summed E-state index contributed by atoms with van der Waals surface area (Å²) < 4.78 is 6.90. The first-order valence-electron chi connectivity index (χ1n) is 5.99. The van der Waals surface area contributed by atoms with Crippen molar-refractivity contribution < 1.29 is 9.53 Å². The molecule has 1 aromatic rings. The number of ether oxygens (including phenoxy) is 1. The lowest BCUT2D eigenvalue weighted by atomic mass is 10.4. The molecule has 0 aliphatic carbocycles. The second-order valence-corrected chi connectivity index (χ2v) is 4.02. The molecule has 7 nitrogen and oxygen atoms in total. The standard InChI is InChI=1S/C11H21N5O2/c1-3-5-16-11(10(13)8(2)15-16)14-4-6-18-7-9(12)17/h14H,3-7,13H2,1-2H3,(H2,12,17). The fourth-order valence-corrected chi connectivity index (χ4v) is 1.57. The van der Waals surface area contributed by atoms with Crippen LogP contribution in [0, 0.1) is 6.92 Å². The number of nitrogens with two attached hydrogens (primary N) is 2. The molecule has 0 saturated heterocycles. The number of primary amides is 1. The molecule has 0 atom stereocenters. The van der Waals surface area contributed by atoms with Gasteiger partial charge in [-0.05, 0) is 13.3 Å². The van der Waals surface area contributed by atoms with Crippen molar-refractivity contribution in [2.75, 3.05) is 30.8 Å². The lowest BCUT2D eigenvalue weighted by Crippen LogP contribution is -2.21. The SMILES string of the molecule is CCCn1nc(C)c(N)c1NCCOCC(N)=O. The van der Waals surface area contributed by atoms with E-state index in [0.717, 1.165) is 24.5 Å². The van der Waals surface area contributed by atoms with Crippen LogP contribution < -0.4 is 16.8 Å². The van der Waals surface area contributed by atoms with Gasteiger partial charge in [0, 0.05) is 13.1 Å². The Morgan fingerprint density at radius 2 is 2.28 bits per heavy atom. The number of hydrogen-bond acceptors (Lipinski definition) is 5. The van der Waals surface area contributed by atoms with Gasteiger partial charge in [-0.25, -0.2) is 4.68 Å². The Labute approximate surface area is 106 Å². The van der Waals surface area contributed by atoms with Crippen molar-refractivity contribution >= 4 is 17.4 Å². The number of aromatic nitrogens is 2. The van der Waals surface area contributed by atoms with Crippen LogP contribution >= 0.6 is 0 Å². The van der Waals surface area contributed by atoms with Crippen LogP contribution in [-0.2, 0) is 16.1 Å². The molecule has 5 N–H and O–H groups in total. The van der Waals surface area contributed by atoms with Crippen LogP contribution in [-0.4, -0.2) is 35.4 Å². The molecule has 0 aromatic carbocycles. The number of nitrogens with one attached hydrogen (secondary N) is 1. The van der Waals surface area contributed by atoms with E-state index in [4.69, 9.17) is 16.2 Å². The molecule has 1 amide bonds. The average Bonchev–Trinajstić information content (AvgIpc) is 2.56. The molecule has 1 heterocycles. The second kappa shape index (κ2) is 6.85. The summed E-state index contributed by atoms with van der Waals surface area (Å²) in [5.41, 5.74) is 12.4. The highest BCUT2D eigenvalue weighted by Crippen LogP contribution is 2.22. The van der Waals surface area contributed by atoms with Crippen molar-refractivity contribution in [1.29, 1.82) is 0 Å². The molecule has 7 heteroatoms. The van der Waals surface area contributed by atoms with Crippen LogP contribution in [0.3, 0.4) is 0 Å². The van der Waals surface area contributed by atoms with Gasteiger partial charge in [-0.15, -0.1) is 0 Å². The average molecular weight is 255 g/mol. The third-order valence-corrected chi connectivity index (χ3v) is 2.39. The molecule has 0 saturated carbocycles. The first kappa shape index (κ1) is 14.3. The number of amides is 1. The van der Waals surface area contributed by atoms with Crippen LogP contribution in [0.5, 0.6) is 0 Å². The van der Waals surface area contributed by atoms with Gasteiger partial charge in [0.1, 0.15) is 12.4 Å². The summed E-state index contributed by atoms with van der Waals surface area (Å²) in [6.45, 7) is 5.63. The molecule has 1 rings (SSSR count). The zero-order chi connectivity index (χ0) is 13.5. The van der Waals surface area contributed by atoms with E-state index < -0.39 is 5.91 Å². The highest BCUT2D eigenvalue weighted by molar-refractivity contribution is 5.75. The maximum Gasteiger partial charge on any atom is 0.243 e. The first-order valence-corrected chi connectivity index (χ1v) is 5.99. The number of hydrogen-bond donors (Lipinski definition) is 3. The molecule has 0 spiro atoms. The molecule has 102 valence electrons. The Morgan fingerprint density at radius 1 is 1.56 bits per heavy atom. The van der Waals surface area contributed by atoms with Gasteiger partial charge in [0.05, 0.1) is 18.0 Å². The fraction of sp³-hybridized carbons (Fsp3) is 0.636. The molecular formula is C11H21N5O2. The van der Waals surface area contributed by atoms with Gasteiger partial charge in [0.2, 0.25) is 5.91 Å². The summed E-state index contributed by atoms with van der Waals surface area (Å²) in [5, 5.41) is 7.50. The maximum atomic E-state index is 10.5. The van der Waals surface area contributed by atoms with E-state index in [1.54, 1.807) is 0 Å². The van der Waals surface area contributed by atoms with Crippen molar-refractivity contribution in [1.82, 2.24) is 9.78 Å². The van der Waals surface area contributed by atoms with Gasteiger partial charge < -0.3 is 21.5 Å². The molecule has 18 heavy (non-hydrogen) atoms. The molecule has 0 fully saturated rings. The Balaban J connectivity index is 2.47. The van der Waals surface area contributed by atoms with Crippen molar-refractivity contribution in [3.05, 3.63) is 5.69 Å². The fourth-order valence-electron chi connectivity index (χ4n) is 1.57. The van der Waals surface area contributed by atoms with Gasteiger partial charge in [-0.1, -0.05) is 6.92 Å². The predicted octanol–water partition coefficient (Wildman–Crippen LogP) is 0.0975. The number of anilines is 2. The lowest BCUT2D eigenvalue weighted by molar-refractivity contribution is -0.122. The summed E-state index contributed by atoms with van der Waals surface area (Å²) in [5.74, 6) is 0.332. The van der Waals surface area contributed by atoms with Crippen LogP contribution in [0.4, 0.5) is 11.5 Å². The van der Waals surface area contributed by atoms with Crippen molar-refractivity contribution in [3.8, 4) is 0 Å². The van der Waals surface area contributed by atoms with E-state index in [0.29, 0.717) is 18.8 Å². The minimum absolute atomic E-state index is 0.0651. The monoisotopic (exact) mass is 255 g/mol. The summed E-state index contributed by atoms with van der Waals surface area (Å²) in [6, 6.07) is 0. The smallest absolute Gasteiger partial charge is 0.243 e. The Hall–Kier alpha value is -1.76. The number of rotatable bonds is 8. The second-order valence-electron chi connectivity index (χ2n) is 4.02. The third kappa shape index (κ3) is 3.92. The van der Waals surface area contributed by atoms with Crippen LogP contribution in [0.25, 0.3) is 0 Å². The summed E-state index contributed by atoms with van der Waals surface area (Å²) in [4.78, 5) is 10.5. The van der Waals surface area contributed by atoms with E-state index in [1.807, 2.05) is 11.6 Å². The first-order chi connectivity index (χ1) is 8.56. The predicted molar refractivity (Wildman–Crippen MR) is 70.2 cm³/mol. The molecule has 0 radical (unpaired) electrons. The summed E-state index contributed by atoms with van der Waals surface area (Å²) in [7, 11) is 0. The van der Waals surface area contributed by atoms with Crippen LogP contribution in [0.15, 0.2) is 0 Å². The van der Waals surface area contributed by atoms with Gasteiger partial charge in [-0.2, -0.15) is 5.10 Å². The van der Waals surface area contributed by atoms with Crippen molar-refractivity contribution in [2.24, 2.45) is 5.73 Å². The minimum Gasteiger partial charge on any atom is -0.394 e. The Bertz CT molecular complexity index is 402. The number of nitrogen functional groups attached to an aromatic ring is 1. The van der Waals surface area contributed by atoms with Crippen molar-refractivity contribution in [3.63, 3.8) is 0 Å². The van der Waals surface area contributed by atoms with E-state index in [-0.39, 0.29) is 6.61 Å². The van der Waals surface area contributed by atoms with E-state index in [9.17, 15) is 4.79 Å². The quantitative estimate of drug-likeness (QED) is 0.571. The topological polar surface area (TPSA) is 108 Å². The molecule has 0 bridgehead atoms.